The Kier molecular flexibility index (Phi) is 4.28. The van der Waals surface area contributed by atoms with E-state index in [1.807, 2.05) is 19.9 Å². The van der Waals surface area contributed by atoms with E-state index in [1.54, 1.807) is 16.4 Å². The van der Waals surface area contributed by atoms with E-state index >= 15 is 0 Å². The SMILES string of the molecule is Cc1ccc(S(=O)(=O)N2CCCCC2C)cc1CN. The van der Waals surface area contributed by atoms with Crippen LogP contribution in [0, 0.1) is 6.92 Å². The molecule has 1 aromatic carbocycles. The molecule has 1 aliphatic rings. The Labute approximate surface area is 115 Å². The van der Waals surface area contributed by atoms with E-state index in [1.165, 1.54) is 0 Å². The lowest BCUT2D eigenvalue weighted by Gasteiger charge is -2.32. The minimum atomic E-state index is -3.38. The summed E-state index contributed by atoms with van der Waals surface area (Å²) in [5.41, 5.74) is 7.59. The van der Waals surface area contributed by atoms with Gasteiger partial charge in [0.25, 0.3) is 0 Å². The Morgan fingerprint density at radius 3 is 2.74 bits per heavy atom. The molecule has 1 aromatic rings. The molecule has 1 fully saturated rings. The van der Waals surface area contributed by atoms with Gasteiger partial charge in [-0.15, -0.1) is 0 Å². The molecule has 0 aromatic heterocycles. The van der Waals surface area contributed by atoms with Crippen molar-refractivity contribution in [3.8, 4) is 0 Å². The summed E-state index contributed by atoms with van der Waals surface area (Å²) in [5, 5.41) is 0. The van der Waals surface area contributed by atoms with Crippen LogP contribution in [0.15, 0.2) is 23.1 Å². The van der Waals surface area contributed by atoms with Gasteiger partial charge in [-0.3, -0.25) is 0 Å². The van der Waals surface area contributed by atoms with Gasteiger partial charge in [-0.05, 0) is 49.9 Å². The minimum Gasteiger partial charge on any atom is -0.326 e. The highest BCUT2D eigenvalue weighted by Gasteiger charge is 2.31. The lowest BCUT2D eigenvalue weighted by Crippen LogP contribution is -2.41. The van der Waals surface area contributed by atoms with Gasteiger partial charge in [-0.1, -0.05) is 12.5 Å². The number of rotatable bonds is 3. The number of aryl methyl sites for hydroxylation is 1. The van der Waals surface area contributed by atoms with Crippen molar-refractivity contribution in [2.45, 2.75) is 50.6 Å². The van der Waals surface area contributed by atoms with Crippen LogP contribution in [0.25, 0.3) is 0 Å². The zero-order valence-corrected chi connectivity index (χ0v) is 12.4. The van der Waals surface area contributed by atoms with Crippen molar-refractivity contribution in [1.29, 1.82) is 0 Å². The van der Waals surface area contributed by atoms with Gasteiger partial charge in [0.05, 0.1) is 4.90 Å². The van der Waals surface area contributed by atoms with Crippen molar-refractivity contribution >= 4 is 10.0 Å². The van der Waals surface area contributed by atoms with Crippen LogP contribution in [-0.2, 0) is 16.6 Å². The van der Waals surface area contributed by atoms with E-state index in [-0.39, 0.29) is 6.04 Å². The molecule has 0 bridgehead atoms. The Balaban J connectivity index is 2.38. The van der Waals surface area contributed by atoms with Gasteiger partial charge in [-0.25, -0.2) is 8.42 Å². The summed E-state index contributed by atoms with van der Waals surface area (Å²) in [6, 6.07) is 5.32. The van der Waals surface area contributed by atoms with Crippen molar-refractivity contribution < 1.29 is 8.42 Å². The number of nitrogens with zero attached hydrogens (tertiary/aromatic N) is 1. The highest BCUT2D eigenvalue weighted by Crippen LogP contribution is 2.26. The molecule has 5 heteroatoms. The van der Waals surface area contributed by atoms with E-state index < -0.39 is 10.0 Å². The molecule has 2 N–H and O–H groups in total. The molecule has 1 aliphatic heterocycles. The van der Waals surface area contributed by atoms with E-state index in [9.17, 15) is 8.42 Å². The Morgan fingerprint density at radius 1 is 1.37 bits per heavy atom. The first-order chi connectivity index (χ1) is 8.96. The quantitative estimate of drug-likeness (QED) is 0.922. The Morgan fingerprint density at radius 2 is 2.11 bits per heavy atom. The number of piperidine rings is 1. The third kappa shape index (κ3) is 2.83. The third-order valence-corrected chi connectivity index (χ3v) is 5.90. The summed E-state index contributed by atoms with van der Waals surface area (Å²) in [4.78, 5) is 0.368. The second kappa shape index (κ2) is 5.61. The summed E-state index contributed by atoms with van der Waals surface area (Å²) in [6.07, 6.45) is 2.99. The molecule has 4 nitrogen and oxygen atoms in total. The average molecular weight is 282 g/mol. The molecule has 19 heavy (non-hydrogen) atoms. The van der Waals surface area contributed by atoms with Gasteiger partial charge in [0, 0.05) is 19.1 Å². The van der Waals surface area contributed by atoms with E-state index in [0.29, 0.717) is 18.0 Å². The standard InChI is InChI=1S/C14H22N2O2S/c1-11-6-7-14(9-13(11)10-15)19(17,18)16-8-4-3-5-12(16)2/h6-7,9,12H,3-5,8,10,15H2,1-2H3. The fraction of sp³-hybridized carbons (Fsp3) is 0.571. The smallest absolute Gasteiger partial charge is 0.243 e. The molecular weight excluding hydrogens is 260 g/mol. The molecule has 0 aliphatic carbocycles. The van der Waals surface area contributed by atoms with Crippen LogP contribution in [0.1, 0.15) is 37.3 Å². The van der Waals surface area contributed by atoms with E-state index in [0.717, 1.165) is 30.4 Å². The maximum atomic E-state index is 12.7. The molecule has 1 atom stereocenters. The fourth-order valence-corrected chi connectivity index (χ4v) is 4.34. The van der Waals surface area contributed by atoms with Crippen molar-refractivity contribution in [1.82, 2.24) is 4.31 Å². The molecule has 106 valence electrons. The third-order valence-electron chi connectivity index (χ3n) is 3.89. The maximum Gasteiger partial charge on any atom is 0.243 e. The molecule has 1 saturated heterocycles. The Bertz CT molecular complexity index is 555. The predicted molar refractivity (Wildman–Crippen MR) is 76.3 cm³/mol. The van der Waals surface area contributed by atoms with Crippen LogP contribution < -0.4 is 5.73 Å². The second-order valence-corrected chi connectivity index (χ2v) is 7.14. The van der Waals surface area contributed by atoms with Gasteiger partial charge in [0.2, 0.25) is 10.0 Å². The first-order valence-corrected chi connectivity index (χ1v) is 8.22. The van der Waals surface area contributed by atoms with Crippen LogP contribution in [0.2, 0.25) is 0 Å². The molecular formula is C14H22N2O2S. The zero-order valence-electron chi connectivity index (χ0n) is 11.6. The number of nitrogens with two attached hydrogens (primary N) is 1. The van der Waals surface area contributed by atoms with Gasteiger partial charge in [0.15, 0.2) is 0 Å². The van der Waals surface area contributed by atoms with Gasteiger partial charge < -0.3 is 5.73 Å². The number of benzene rings is 1. The van der Waals surface area contributed by atoms with Crippen LogP contribution in [-0.4, -0.2) is 25.3 Å². The van der Waals surface area contributed by atoms with E-state index in [4.69, 9.17) is 5.73 Å². The summed E-state index contributed by atoms with van der Waals surface area (Å²) >= 11 is 0. The highest BCUT2D eigenvalue weighted by molar-refractivity contribution is 7.89. The van der Waals surface area contributed by atoms with Crippen molar-refractivity contribution in [2.24, 2.45) is 5.73 Å². The number of hydrogen-bond acceptors (Lipinski definition) is 3. The number of hydrogen-bond donors (Lipinski definition) is 1. The largest absolute Gasteiger partial charge is 0.326 e. The van der Waals surface area contributed by atoms with Crippen LogP contribution in [0.3, 0.4) is 0 Å². The lowest BCUT2D eigenvalue weighted by molar-refractivity contribution is 0.268. The molecule has 2 rings (SSSR count). The van der Waals surface area contributed by atoms with Crippen molar-refractivity contribution in [3.63, 3.8) is 0 Å². The molecule has 0 spiro atoms. The van der Waals surface area contributed by atoms with Crippen LogP contribution >= 0.6 is 0 Å². The summed E-state index contributed by atoms with van der Waals surface area (Å²) < 4.78 is 27.0. The van der Waals surface area contributed by atoms with E-state index in [2.05, 4.69) is 0 Å². The topological polar surface area (TPSA) is 63.4 Å². The molecule has 1 unspecified atom stereocenters. The van der Waals surface area contributed by atoms with Gasteiger partial charge in [0.1, 0.15) is 0 Å². The normalized spacial score (nSPS) is 21.5. The van der Waals surface area contributed by atoms with Crippen LogP contribution in [0.4, 0.5) is 0 Å². The van der Waals surface area contributed by atoms with Crippen LogP contribution in [0.5, 0.6) is 0 Å². The van der Waals surface area contributed by atoms with Crippen molar-refractivity contribution in [2.75, 3.05) is 6.54 Å². The maximum absolute atomic E-state index is 12.7. The molecule has 0 radical (unpaired) electrons. The second-order valence-electron chi connectivity index (χ2n) is 5.25. The summed E-state index contributed by atoms with van der Waals surface area (Å²) in [6.45, 7) is 4.91. The predicted octanol–water partition coefficient (Wildman–Crippen LogP) is 2.02. The fourth-order valence-electron chi connectivity index (χ4n) is 2.59. The molecule has 0 amide bonds. The highest BCUT2D eigenvalue weighted by atomic mass is 32.2. The molecule has 1 heterocycles. The molecule has 0 saturated carbocycles. The minimum absolute atomic E-state index is 0.0846. The monoisotopic (exact) mass is 282 g/mol. The zero-order chi connectivity index (χ0) is 14.0. The van der Waals surface area contributed by atoms with Crippen molar-refractivity contribution in [3.05, 3.63) is 29.3 Å². The Hall–Kier alpha value is -0.910. The van der Waals surface area contributed by atoms with Gasteiger partial charge >= 0.3 is 0 Å². The lowest BCUT2D eigenvalue weighted by atomic mass is 10.1. The van der Waals surface area contributed by atoms with Gasteiger partial charge in [-0.2, -0.15) is 4.31 Å². The summed E-state index contributed by atoms with van der Waals surface area (Å²) in [7, 11) is -3.38. The summed E-state index contributed by atoms with van der Waals surface area (Å²) in [5.74, 6) is 0. The number of sulfonamides is 1. The first kappa shape index (κ1) is 14.5. The average Bonchev–Trinajstić information content (AvgIpc) is 2.39. The first-order valence-electron chi connectivity index (χ1n) is 6.78.